The molecular weight excluding hydrogens is 328 g/mol. The van der Waals surface area contributed by atoms with Crippen molar-refractivity contribution in [2.24, 2.45) is 0 Å². The van der Waals surface area contributed by atoms with Gasteiger partial charge in [0.2, 0.25) is 5.91 Å². The number of amides is 1. The van der Waals surface area contributed by atoms with Gasteiger partial charge in [-0.1, -0.05) is 58.4 Å². The van der Waals surface area contributed by atoms with Crippen LogP contribution in [0.15, 0.2) is 59.1 Å². The van der Waals surface area contributed by atoms with Crippen LogP contribution in [0, 0.1) is 0 Å². The van der Waals surface area contributed by atoms with Crippen LogP contribution in [-0.2, 0) is 4.79 Å². The lowest BCUT2D eigenvalue weighted by Crippen LogP contribution is -2.39. The Morgan fingerprint density at radius 3 is 2.33 bits per heavy atom. The van der Waals surface area contributed by atoms with E-state index in [1.165, 1.54) is 5.56 Å². The SMILES string of the molecule is O=C1NCCC1NC(c1ccccc1)c1ccc(Br)cc1. The van der Waals surface area contributed by atoms with Gasteiger partial charge in [-0.2, -0.15) is 0 Å². The van der Waals surface area contributed by atoms with Crippen molar-refractivity contribution in [2.45, 2.75) is 18.5 Å². The van der Waals surface area contributed by atoms with Gasteiger partial charge in [0.25, 0.3) is 0 Å². The number of carbonyl (C=O) groups is 1. The molecule has 3 nitrogen and oxygen atoms in total. The number of hydrogen-bond donors (Lipinski definition) is 2. The maximum Gasteiger partial charge on any atom is 0.237 e. The van der Waals surface area contributed by atoms with E-state index in [1.54, 1.807) is 0 Å². The highest BCUT2D eigenvalue weighted by atomic mass is 79.9. The minimum Gasteiger partial charge on any atom is -0.355 e. The number of halogens is 1. The highest BCUT2D eigenvalue weighted by molar-refractivity contribution is 9.10. The first-order chi connectivity index (χ1) is 10.2. The average Bonchev–Trinajstić information content (AvgIpc) is 2.92. The summed E-state index contributed by atoms with van der Waals surface area (Å²) in [6.07, 6.45) is 0.832. The van der Waals surface area contributed by atoms with Crippen LogP contribution in [0.2, 0.25) is 0 Å². The second kappa shape index (κ2) is 6.41. The fourth-order valence-corrected chi connectivity index (χ4v) is 2.90. The number of rotatable bonds is 4. The van der Waals surface area contributed by atoms with E-state index in [0.29, 0.717) is 0 Å². The first-order valence-corrected chi connectivity index (χ1v) is 7.87. The van der Waals surface area contributed by atoms with E-state index < -0.39 is 0 Å². The lowest BCUT2D eigenvalue weighted by Gasteiger charge is -2.23. The monoisotopic (exact) mass is 344 g/mol. The quantitative estimate of drug-likeness (QED) is 0.894. The molecule has 0 radical (unpaired) electrons. The second-order valence-electron chi connectivity index (χ2n) is 5.19. The normalized spacial score (nSPS) is 19.3. The molecule has 1 heterocycles. The summed E-state index contributed by atoms with van der Waals surface area (Å²) in [4.78, 5) is 11.8. The summed E-state index contributed by atoms with van der Waals surface area (Å²) < 4.78 is 1.05. The van der Waals surface area contributed by atoms with E-state index in [0.717, 1.165) is 23.0 Å². The number of hydrogen-bond acceptors (Lipinski definition) is 2. The van der Waals surface area contributed by atoms with Crippen LogP contribution in [-0.4, -0.2) is 18.5 Å². The standard InChI is InChI=1S/C17H17BrN2O/c18-14-8-6-13(7-9-14)16(12-4-2-1-3-5-12)20-15-10-11-19-17(15)21/h1-9,15-16,20H,10-11H2,(H,19,21). The van der Waals surface area contributed by atoms with Crippen molar-refractivity contribution in [3.05, 3.63) is 70.2 Å². The molecule has 1 aliphatic heterocycles. The molecule has 2 aromatic carbocycles. The van der Waals surface area contributed by atoms with Crippen LogP contribution < -0.4 is 10.6 Å². The van der Waals surface area contributed by atoms with E-state index in [1.807, 2.05) is 30.3 Å². The highest BCUT2D eigenvalue weighted by Crippen LogP contribution is 2.25. The topological polar surface area (TPSA) is 41.1 Å². The van der Waals surface area contributed by atoms with E-state index >= 15 is 0 Å². The first-order valence-electron chi connectivity index (χ1n) is 7.08. The average molecular weight is 345 g/mol. The molecular formula is C17H17BrN2O. The summed E-state index contributed by atoms with van der Waals surface area (Å²) in [7, 11) is 0. The summed E-state index contributed by atoms with van der Waals surface area (Å²) in [5.74, 6) is 0.0908. The van der Waals surface area contributed by atoms with Gasteiger partial charge in [-0.15, -0.1) is 0 Å². The minimum absolute atomic E-state index is 0.0214. The van der Waals surface area contributed by atoms with Crippen LogP contribution >= 0.6 is 15.9 Å². The highest BCUT2D eigenvalue weighted by Gasteiger charge is 2.27. The lowest BCUT2D eigenvalue weighted by molar-refractivity contribution is -0.121. The molecule has 0 bridgehead atoms. The number of benzene rings is 2. The zero-order valence-corrected chi connectivity index (χ0v) is 13.1. The van der Waals surface area contributed by atoms with Gasteiger partial charge in [0.15, 0.2) is 0 Å². The Hall–Kier alpha value is -1.65. The van der Waals surface area contributed by atoms with Crippen LogP contribution in [0.3, 0.4) is 0 Å². The van der Waals surface area contributed by atoms with Gasteiger partial charge in [-0.3, -0.25) is 10.1 Å². The zero-order chi connectivity index (χ0) is 14.7. The molecule has 21 heavy (non-hydrogen) atoms. The van der Waals surface area contributed by atoms with Crippen molar-refractivity contribution in [2.75, 3.05) is 6.54 Å². The van der Waals surface area contributed by atoms with E-state index in [4.69, 9.17) is 0 Å². The minimum atomic E-state index is -0.126. The summed E-state index contributed by atoms with van der Waals surface area (Å²) in [6, 6.07) is 18.4. The largest absolute Gasteiger partial charge is 0.355 e. The Morgan fingerprint density at radius 1 is 1.05 bits per heavy atom. The van der Waals surface area contributed by atoms with Gasteiger partial charge in [0, 0.05) is 11.0 Å². The smallest absolute Gasteiger partial charge is 0.237 e. The van der Waals surface area contributed by atoms with Crippen molar-refractivity contribution < 1.29 is 4.79 Å². The summed E-state index contributed by atoms with van der Waals surface area (Å²) in [6.45, 7) is 0.748. The van der Waals surface area contributed by atoms with Crippen molar-refractivity contribution in [1.29, 1.82) is 0 Å². The number of nitrogens with one attached hydrogen (secondary N) is 2. The number of carbonyl (C=O) groups excluding carboxylic acids is 1. The molecule has 0 spiro atoms. The Labute approximate surface area is 132 Å². The van der Waals surface area contributed by atoms with Gasteiger partial charge in [-0.25, -0.2) is 0 Å². The summed E-state index contributed by atoms with van der Waals surface area (Å²) in [5, 5.41) is 6.37. The predicted molar refractivity (Wildman–Crippen MR) is 87.0 cm³/mol. The third-order valence-electron chi connectivity index (χ3n) is 3.75. The first kappa shape index (κ1) is 14.3. The van der Waals surface area contributed by atoms with Crippen LogP contribution in [0.4, 0.5) is 0 Å². The third-order valence-corrected chi connectivity index (χ3v) is 4.28. The van der Waals surface area contributed by atoms with Gasteiger partial charge < -0.3 is 5.32 Å². The molecule has 4 heteroatoms. The summed E-state index contributed by atoms with van der Waals surface area (Å²) in [5.41, 5.74) is 2.32. The third kappa shape index (κ3) is 3.34. The zero-order valence-electron chi connectivity index (χ0n) is 11.6. The van der Waals surface area contributed by atoms with Crippen molar-refractivity contribution in [3.8, 4) is 0 Å². The molecule has 2 atom stereocenters. The Kier molecular flexibility index (Phi) is 4.36. The molecule has 2 unspecified atom stereocenters. The van der Waals surface area contributed by atoms with Crippen LogP contribution in [0.25, 0.3) is 0 Å². The molecule has 1 saturated heterocycles. The molecule has 108 valence electrons. The summed E-state index contributed by atoms with van der Waals surface area (Å²) >= 11 is 3.46. The van der Waals surface area contributed by atoms with Crippen LogP contribution in [0.5, 0.6) is 0 Å². The molecule has 0 aromatic heterocycles. The fourth-order valence-electron chi connectivity index (χ4n) is 2.64. The molecule has 0 saturated carbocycles. The van der Waals surface area contributed by atoms with Crippen molar-refractivity contribution in [3.63, 3.8) is 0 Å². The van der Waals surface area contributed by atoms with Crippen LogP contribution in [0.1, 0.15) is 23.6 Å². The van der Waals surface area contributed by atoms with Crippen molar-refractivity contribution >= 4 is 21.8 Å². The maximum absolute atomic E-state index is 11.8. The van der Waals surface area contributed by atoms with Gasteiger partial charge in [-0.05, 0) is 29.7 Å². The Morgan fingerprint density at radius 2 is 1.71 bits per heavy atom. The van der Waals surface area contributed by atoms with E-state index in [9.17, 15) is 4.79 Å². The molecule has 0 aliphatic carbocycles. The molecule has 1 fully saturated rings. The van der Waals surface area contributed by atoms with Crippen molar-refractivity contribution in [1.82, 2.24) is 10.6 Å². The maximum atomic E-state index is 11.8. The van der Waals surface area contributed by atoms with E-state index in [2.05, 4.69) is 50.8 Å². The molecule has 2 aromatic rings. The van der Waals surface area contributed by atoms with Gasteiger partial charge in [0.05, 0.1) is 12.1 Å². The predicted octanol–water partition coefficient (Wildman–Crippen LogP) is 3.02. The second-order valence-corrected chi connectivity index (χ2v) is 6.11. The molecule has 2 N–H and O–H groups in total. The Balaban J connectivity index is 1.91. The fraction of sp³-hybridized carbons (Fsp3) is 0.235. The molecule has 3 rings (SSSR count). The molecule has 1 amide bonds. The van der Waals surface area contributed by atoms with E-state index in [-0.39, 0.29) is 18.0 Å². The van der Waals surface area contributed by atoms with Gasteiger partial charge in [0.1, 0.15) is 0 Å². The van der Waals surface area contributed by atoms with Gasteiger partial charge >= 0.3 is 0 Å². The molecule has 1 aliphatic rings. The Bertz CT molecular complexity index is 612. The lowest BCUT2D eigenvalue weighted by atomic mass is 9.97.